The molecule has 0 aromatic carbocycles. The van der Waals surface area contributed by atoms with Crippen molar-refractivity contribution in [3.05, 3.63) is 0 Å². The van der Waals surface area contributed by atoms with E-state index in [4.69, 9.17) is 4.74 Å². The largest absolute Gasteiger partial charge is 0.382 e. The van der Waals surface area contributed by atoms with Gasteiger partial charge in [-0.25, -0.2) is 0 Å². The SMILES string of the molecule is CCOCCCNC1CCC(SC)C1. The molecule has 0 bridgehead atoms. The molecule has 0 aromatic rings. The average molecular weight is 217 g/mol. The smallest absolute Gasteiger partial charge is 0.0477 e. The zero-order valence-electron chi connectivity index (χ0n) is 9.42. The minimum atomic E-state index is 0.772. The standard InChI is InChI=1S/C11H23NOS/c1-3-13-8-4-7-12-10-5-6-11(9-10)14-2/h10-12H,3-9H2,1-2H3. The molecule has 1 fully saturated rings. The van der Waals surface area contributed by atoms with Crippen molar-refractivity contribution < 1.29 is 4.74 Å². The molecule has 1 aliphatic rings. The van der Waals surface area contributed by atoms with Gasteiger partial charge < -0.3 is 10.1 Å². The van der Waals surface area contributed by atoms with E-state index in [-0.39, 0.29) is 0 Å². The normalized spacial score (nSPS) is 27.0. The van der Waals surface area contributed by atoms with E-state index in [2.05, 4.69) is 11.6 Å². The number of hydrogen-bond donors (Lipinski definition) is 1. The summed E-state index contributed by atoms with van der Waals surface area (Å²) < 4.78 is 5.30. The maximum atomic E-state index is 5.30. The minimum absolute atomic E-state index is 0.772. The fraction of sp³-hybridized carbons (Fsp3) is 1.00. The zero-order valence-corrected chi connectivity index (χ0v) is 10.2. The van der Waals surface area contributed by atoms with Gasteiger partial charge in [-0.2, -0.15) is 11.8 Å². The highest BCUT2D eigenvalue weighted by Crippen LogP contribution is 2.27. The van der Waals surface area contributed by atoms with Crippen LogP contribution < -0.4 is 5.32 Å². The molecule has 1 N–H and O–H groups in total. The van der Waals surface area contributed by atoms with Crippen molar-refractivity contribution in [1.82, 2.24) is 5.32 Å². The summed E-state index contributed by atoms with van der Waals surface area (Å²) in [6.45, 7) is 4.92. The zero-order chi connectivity index (χ0) is 10.2. The quantitative estimate of drug-likeness (QED) is 0.661. The second kappa shape index (κ2) is 7.55. The summed E-state index contributed by atoms with van der Waals surface area (Å²) in [7, 11) is 0. The van der Waals surface area contributed by atoms with Crippen molar-refractivity contribution in [3.63, 3.8) is 0 Å². The van der Waals surface area contributed by atoms with Crippen LogP contribution in [0.3, 0.4) is 0 Å². The highest BCUT2D eigenvalue weighted by molar-refractivity contribution is 7.99. The van der Waals surface area contributed by atoms with E-state index in [9.17, 15) is 0 Å². The second-order valence-electron chi connectivity index (χ2n) is 3.87. The van der Waals surface area contributed by atoms with E-state index in [1.165, 1.54) is 19.3 Å². The first-order valence-electron chi connectivity index (χ1n) is 5.70. The predicted octanol–water partition coefficient (Wildman–Crippen LogP) is 2.29. The van der Waals surface area contributed by atoms with Crippen LogP contribution in [0, 0.1) is 0 Å². The number of thioether (sulfide) groups is 1. The number of ether oxygens (including phenoxy) is 1. The van der Waals surface area contributed by atoms with Gasteiger partial charge in [0.2, 0.25) is 0 Å². The summed E-state index contributed by atoms with van der Waals surface area (Å²) in [6.07, 6.45) is 7.48. The van der Waals surface area contributed by atoms with Crippen molar-refractivity contribution in [3.8, 4) is 0 Å². The minimum Gasteiger partial charge on any atom is -0.382 e. The second-order valence-corrected chi connectivity index (χ2v) is 5.01. The topological polar surface area (TPSA) is 21.3 Å². The van der Waals surface area contributed by atoms with Crippen molar-refractivity contribution >= 4 is 11.8 Å². The van der Waals surface area contributed by atoms with Crippen molar-refractivity contribution in [1.29, 1.82) is 0 Å². The van der Waals surface area contributed by atoms with Gasteiger partial charge in [0.15, 0.2) is 0 Å². The van der Waals surface area contributed by atoms with Gasteiger partial charge in [-0.05, 0) is 45.4 Å². The van der Waals surface area contributed by atoms with E-state index >= 15 is 0 Å². The van der Waals surface area contributed by atoms with Gasteiger partial charge in [-0.1, -0.05) is 0 Å². The van der Waals surface area contributed by atoms with E-state index < -0.39 is 0 Å². The summed E-state index contributed by atoms with van der Waals surface area (Å²) in [5, 5.41) is 4.51. The van der Waals surface area contributed by atoms with E-state index in [0.29, 0.717) is 0 Å². The molecule has 14 heavy (non-hydrogen) atoms. The van der Waals surface area contributed by atoms with Gasteiger partial charge in [0, 0.05) is 24.5 Å². The van der Waals surface area contributed by atoms with Crippen LogP contribution in [0.25, 0.3) is 0 Å². The van der Waals surface area contributed by atoms with Crippen LogP contribution in [-0.4, -0.2) is 37.3 Å². The first-order valence-corrected chi connectivity index (χ1v) is 6.99. The summed E-state index contributed by atoms with van der Waals surface area (Å²) in [5.74, 6) is 0. The lowest BCUT2D eigenvalue weighted by Crippen LogP contribution is -2.28. The molecule has 2 atom stereocenters. The molecular formula is C11H23NOS. The Balaban J connectivity index is 1.92. The van der Waals surface area contributed by atoms with Crippen LogP contribution in [0.4, 0.5) is 0 Å². The fourth-order valence-electron chi connectivity index (χ4n) is 1.96. The number of rotatable bonds is 7. The summed E-state index contributed by atoms with van der Waals surface area (Å²) in [6, 6.07) is 0.772. The molecule has 1 rings (SSSR count). The molecule has 0 aromatic heterocycles. The Labute approximate surface area is 92.2 Å². The molecule has 0 saturated heterocycles. The Morgan fingerprint density at radius 3 is 2.93 bits per heavy atom. The summed E-state index contributed by atoms with van der Waals surface area (Å²) in [4.78, 5) is 0. The Morgan fingerprint density at radius 1 is 1.43 bits per heavy atom. The van der Waals surface area contributed by atoms with Crippen LogP contribution in [-0.2, 0) is 4.74 Å². The maximum Gasteiger partial charge on any atom is 0.0477 e. The van der Waals surface area contributed by atoms with Gasteiger partial charge >= 0.3 is 0 Å². The first-order chi connectivity index (χ1) is 6.86. The Hall–Kier alpha value is 0.270. The lowest BCUT2D eigenvalue weighted by Gasteiger charge is -2.12. The lowest BCUT2D eigenvalue weighted by molar-refractivity contribution is 0.144. The third-order valence-corrected chi connectivity index (χ3v) is 3.92. The van der Waals surface area contributed by atoms with Gasteiger partial charge in [-0.15, -0.1) is 0 Å². The molecule has 0 spiro atoms. The fourth-order valence-corrected chi connectivity index (χ4v) is 2.76. The van der Waals surface area contributed by atoms with Crippen LogP contribution in [0.5, 0.6) is 0 Å². The third kappa shape index (κ3) is 4.67. The molecule has 2 nitrogen and oxygen atoms in total. The van der Waals surface area contributed by atoms with Gasteiger partial charge in [0.05, 0.1) is 0 Å². The summed E-state index contributed by atoms with van der Waals surface area (Å²) >= 11 is 2.02. The maximum absolute atomic E-state index is 5.30. The molecule has 0 radical (unpaired) electrons. The third-order valence-electron chi connectivity index (χ3n) is 2.82. The van der Waals surface area contributed by atoms with Crippen LogP contribution in [0.15, 0.2) is 0 Å². The van der Waals surface area contributed by atoms with Crippen LogP contribution >= 0.6 is 11.8 Å². The summed E-state index contributed by atoms with van der Waals surface area (Å²) in [5.41, 5.74) is 0. The molecule has 84 valence electrons. The van der Waals surface area contributed by atoms with Crippen LogP contribution in [0.2, 0.25) is 0 Å². The monoisotopic (exact) mass is 217 g/mol. The lowest BCUT2D eigenvalue weighted by atomic mass is 10.2. The first kappa shape index (κ1) is 12.3. The Kier molecular flexibility index (Phi) is 6.65. The van der Waals surface area contributed by atoms with Crippen molar-refractivity contribution in [2.24, 2.45) is 0 Å². The van der Waals surface area contributed by atoms with Gasteiger partial charge in [-0.3, -0.25) is 0 Å². The Bertz CT molecular complexity index is 143. The van der Waals surface area contributed by atoms with E-state index in [1.807, 2.05) is 18.7 Å². The van der Waals surface area contributed by atoms with Crippen molar-refractivity contribution in [2.45, 2.75) is 43.9 Å². The molecule has 0 aliphatic heterocycles. The van der Waals surface area contributed by atoms with E-state index in [1.54, 1.807) is 0 Å². The number of nitrogens with one attached hydrogen (secondary N) is 1. The predicted molar refractivity (Wildman–Crippen MR) is 64.1 cm³/mol. The molecule has 3 heteroatoms. The Morgan fingerprint density at radius 2 is 2.29 bits per heavy atom. The highest BCUT2D eigenvalue weighted by Gasteiger charge is 2.22. The van der Waals surface area contributed by atoms with Crippen molar-refractivity contribution in [2.75, 3.05) is 26.0 Å². The average Bonchev–Trinajstić information content (AvgIpc) is 2.65. The van der Waals surface area contributed by atoms with Gasteiger partial charge in [0.1, 0.15) is 0 Å². The molecule has 0 heterocycles. The molecular weight excluding hydrogens is 194 g/mol. The van der Waals surface area contributed by atoms with Crippen LogP contribution in [0.1, 0.15) is 32.6 Å². The van der Waals surface area contributed by atoms with E-state index in [0.717, 1.165) is 37.5 Å². The van der Waals surface area contributed by atoms with Gasteiger partial charge in [0.25, 0.3) is 0 Å². The molecule has 0 amide bonds. The molecule has 1 aliphatic carbocycles. The number of hydrogen-bond acceptors (Lipinski definition) is 3. The molecule has 2 unspecified atom stereocenters. The molecule has 1 saturated carbocycles. The highest BCUT2D eigenvalue weighted by atomic mass is 32.2.